The van der Waals surface area contributed by atoms with Gasteiger partial charge in [-0.3, -0.25) is 9.59 Å². The molecule has 0 fully saturated rings. The molecule has 0 radical (unpaired) electrons. The number of rotatable bonds is 7. The van der Waals surface area contributed by atoms with Gasteiger partial charge in [0, 0.05) is 31.3 Å². The molecule has 0 aliphatic carbocycles. The van der Waals surface area contributed by atoms with Crippen LogP contribution in [0.4, 0.5) is 0 Å². The summed E-state index contributed by atoms with van der Waals surface area (Å²) in [6, 6.07) is 2.61. The van der Waals surface area contributed by atoms with Crippen LogP contribution >= 0.6 is 0 Å². The van der Waals surface area contributed by atoms with Crippen LogP contribution in [-0.2, 0) is 4.79 Å². The second kappa shape index (κ2) is 7.98. The third kappa shape index (κ3) is 6.03. The first-order valence-corrected chi connectivity index (χ1v) is 6.64. The molecule has 3 N–H and O–H groups in total. The smallest absolute Gasteiger partial charge is 0.354 e. The van der Waals surface area contributed by atoms with E-state index in [1.54, 1.807) is 0 Å². The second-order valence-corrected chi connectivity index (χ2v) is 4.94. The van der Waals surface area contributed by atoms with Gasteiger partial charge in [-0.2, -0.15) is 0 Å². The molecule has 1 rings (SSSR count). The van der Waals surface area contributed by atoms with Crippen molar-refractivity contribution in [1.29, 1.82) is 0 Å². The minimum atomic E-state index is -1.20. The van der Waals surface area contributed by atoms with Crippen molar-refractivity contribution in [3.63, 3.8) is 0 Å². The standard InChI is InChI=1S/C14H19N3O4/c1-9(2)8-17-12(18)4-6-16-13(19)10-3-5-15-11(7-10)14(20)21/h3,5,7,9H,4,6,8H2,1-2H3,(H,16,19)(H,17,18)(H,20,21). The van der Waals surface area contributed by atoms with Crippen LogP contribution in [0.2, 0.25) is 0 Å². The molecular weight excluding hydrogens is 274 g/mol. The highest BCUT2D eigenvalue weighted by Gasteiger charge is 2.11. The van der Waals surface area contributed by atoms with E-state index >= 15 is 0 Å². The summed E-state index contributed by atoms with van der Waals surface area (Å²) in [6.45, 7) is 4.77. The van der Waals surface area contributed by atoms with E-state index in [0.717, 1.165) is 0 Å². The van der Waals surface area contributed by atoms with Crippen LogP contribution in [-0.4, -0.2) is 41.0 Å². The number of pyridine rings is 1. The van der Waals surface area contributed by atoms with Crippen molar-refractivity contribution in [2.24, 2.45) is 5.92 Å². The molecule has 1 aromatic heterocycles. The van der Waals surface area contributed by atoms with Crippen molar-refractivity contribution >= 4 is 17.8 Å². The number of aromatic nitrogens is 1. The van der Waals surface area contributed by atoms with Crippen molar-refractivity contribution < 1.29 is 19.5 Å². The lowest BCUT2D eigenvalue weighted by Crippen LogP contribution is -2.32. The molecule has 0 atom stereocenters. The van der Waals surface area contributed by atoms with Crippen LogP contribution in [0.3, 0.4) is 0 Å². The fraction of sp³-hybridized carbons (Fsp3) is 0.429. The van der Waals surface area contributed by atoms with Crippen LogP contribution in [0.1, 0.15) is 41.1 Å². The van der Waals surface area contributed by atoms with Gasteiger partial charge in [-0.25, -0.2) is 9.78 Å². The van der Waals surface area contributed by atoms with Crippen LogP contribution in [0.25, 0.3) is 0 Å². The van der Waals surface area contributed by atoms with Gasteiger partial charge in [-0.15, -0.1) is 0 Å². The van der Waals surface area contributed by atoms with Crippen LogP contribution in [0.5, 0.6) is 0 Å². The number of carbonyl (C=O) groups is 3. The average molecular weight is 293 g/mol. The Kier molecular flexibility index (Phi) is 6.32. The molecule has 1 aromatic rings. The molecule has 0 unspecified atom stereocenters. The first-order chi connectivity index (χ1) is 9.90. The number of nitrogens with zero attached hydrogens (tertiary/aromatic N) is 1. The molecule has 0 aliphatic heterocycles. The molecule has 0 aromatic carbocycles. The zero-order chi connectivity index (χ0) is 15.8. The Bertz CT molecular complexity index is 529. The van der Waals surface area contributed by atoms with E-state index in [-0.39, 0.29) is 30.1 Å². The molecule has 2 amide bonds. The quantitative estimate of drug-likeness (QED) is 0.684. The van der Waals surface area contributed by atoms with Crippen LogP contribution < -0.4 is 10.6 Å². The van der Waals surface area contributed by atoms with Crippen molar-refractivity contribution in [1.82, 2.24) is 15.6 Å². The number of amides is 2. The Balaban J connectivity index is 2.42. The molecular formula is C14H19N3O4. The highest BCUT2D eigenvalue weighted by atomic mass is 16.4. The van der Waals surface area contributed by atoms with E-state index in [1.807, 2.05) is 13.8 Å². The van der Waals surface area contributed by atoms with Crippen LogP contribution in [0.15, 0.2) is 18.3 Å². The normalized spacial score (nSPS) is 10.2. The van der Waals surface area contributed by atoms with Crippen molar-refractivity contribution in [3.05, 3.63) is 29.6 Å². The molecule has 1 heterocycles. The third-order valence-corrected chi connectivity index (χ3v) is 2.59. The van der Waals surface area contributed by atoms with Gasteiger partial charge in [0.25, 0.3) is 5.91 Å². The zero-order valence-electron chi connectivity index (χ0n) is 12.0. The monoisotopic (exact) mass is 293 g/mol. The fourth-order valence-electron chi connectivity index (χ4n) is 1.49. The minimum absolute atomic E-state index is 0.134. The zero-order valence-corrected chi connectivity index (χ0v) is 12.0. The van der Waals surface area contributed by atoms with Crippen LogP contribution in [0, 0.1) is 5.92 Å². The van der Waals surface area contributed by atoms with Gasteiger partial charge in [-0.1, -0.05) is 13.8 Å². The third-order valence-electron chi connectivity index (χ3n) is 2.59. The van der Waals surface area contributed by atoms with Crippen molar-refractivity contribution in [2.45, 2.75) is 20.3 Å². The van der Waals surface area contributed by atoms with Gasteiger partial charge in [-0.05, 0) is 18.1 Å². The molecule has 0 bridgehead atoms. The van der Waals surface area contributed by atoms with Gasteiger partial charge in [0.15, 0.2) is 0 Å². The maximum atomic E-state index is 11.8. The largest absolute Gasteiger partial charge is 0.477 e. The lowest BCUT2D eigenvalue weighted by molar-refractivity contribution is -0.121. The first kappa shape index (κ1) is 16.6. The second-order valence-electron chi connectivity index (χ2n) is 4.94. The SMILES string of the molecule is CC(C)CNC(=O)CCNC(=O)c1ccnc(C(=O)O)c1. The van der Waals surface area contributed by atoms with E-state index in [1.165, 1.54) is 18.3 Å². The van der Waals surface area contributed by atoms with E-state index in [0.29, 0.717) is 12.5 Å². The maximum absolute atomic E-state index is 11.8. The molecule has 0 aliphatic rings. The minimum Gasteiger partial charge on any atom is -0.477 e. The number of carboxylic acid groups (broad SMARTS) is 1. The Morgan fingerprint density at radius 2 is 2.00 bits per heavy atom. The number of hydrogen-bond donors (Lipinski definition) is 3. The highest BCUT2D eigenvalue weighted by molar-refractivity contribution is 5.96. The summed E-state index contributed by atoms with van der Waals surface area (Å²) >= 11 is 0. The van der Waals surface area contributed by atoms with E-state index in [9.17, 15) is 14.4 Å². The summed E-state index contributed by atoms with van der Waals surface area (Å²) in [6.07, 6.45) is 1.43. The number of hydrogen-bond acceptors (Lipinski definition) is 4. The lowest BCUT2D eigenvalue weighted by atomic mass is 10.2. The predicted octanol–water partition coefficient (Wildman–Crippen LogP) is 0.672. The maximum Gasteiger partial charge on any atom is 0.354 e. The molecule has 7 nitrogen and oxygen atoms in total. The Labute approximate surface area is 122 Å². The lowest BCUT2D eigenvalue weighted by Gasteiger charge is -2.08. The summed E-state index contributed by atoms with van der Waals surface area (Å²) in [7, 11) is 0. The number of nitrogens with one attached hydrogen (secondary N) is 2. The number of carbonyl (C=O) groups excluding carboxylic acids is 2. The van der Waals surface area contributed by atoms with Gasteiger partial charge < -0.3 is 15.7 Å². The average Bonchev–Trinajstić information content (AvgIpc) is 2.45. The first-order valence-electron chi connectivity index (χ1n) is 6.64. The summed E-state index contributed by atoms with van der Waals surface area (Å²) < 4.78 is 0. The Morgan fingerprint density at radius 1 is 1.29 bits per heavy atom. The van der Waals surface area contributed by atoms with E-state index in [2.05, 4.69) is 15.6 Å². The molecule has 114 valence electrons. The Hall–Kier alpha value is -2.44. The van der Waals surface area contributed by atoms with Gasteiger partial charge >= 0.3 is 5.97 Å². The summed E-state index contributed by atoms with van der Waals surface area (Å²) in [4.78, 5) is 37.6. The molecule has 21 heavy (non-hydrogen) atoms. The molecule has 7 heteroatoms. The summed E-state index contributed by atoms with van der Waals surface area (Å²) in [5, 5.41) is 14.1. The summed E-state index contributed by atoms with van der Waals surface area (Å²) in [5.74, 6) is -1.39. The predicted molar refractivity (Wildman–Crippen MR) is 76.0 cm³/mol. The van der Waals surface area contributed by atoms with E-state index in [4.69, 9.17) is 5.11 Å². The van der Waals surface area contributed by atoms with Crippen molar-refractivity contribution in [2.75, 3.05) is 13.1 Å². The van der Waals surface area contributed by atoms with Gasteiger partial charge in [0.2, 0.25) is 5.91 Å². The summed E-state index contributed by atoms with van der Waals surface area (Å²) in [5.41, 5.74) is 0.00214. The molecule has 0 saturated carbocycles. The number of aromatic carboxylic acids is 1. The van der Waals surface area contributed by atoms with Gasteiger partial charge in [0.1, 0.15) is 5.69 Å². The highest BCUT2D eigenvalue weighted by Crippen LogP contribution is 2.02. The fourth-order valence-corrected chi connectivity index (χ4v) is 1.49. The van der Waals surface area contributed by atoms with Crippen molar-refractivity contribution in [3.8, 4) is 0 Å². The van der Waals surface area contributed by atoms with E-state index < -0.39 is 11.9 Å². The topological polar surface area (TPSA) is 108 Å². The molecule has 0 saturated heterocycles. The number of carboxylic acids is 1. The Morgan fingerprint density at radius 3 is 2.62 bits per heavy atom. The molecule has 0 spiro atoms. The van der Waals surface area contributed by atoms with Gasteiger partial charge in [0.05, 0.1) is 0 Å².